The number of hydrogen-bond acceptors (Lipinski definition) is 3. The molecule has 0 radical (unpaired) electrons. The van der Waals surface area contributed by atoms with E-state index in [-0.39, 0.29) is 12.5 Å². The molecule has 0 saturated carbocycles. The fourth-order valence-electron chi connectivity index (χ4n) is 1.35. The van der Waals surface area contributed by atoms with E-state index >= 15 is 0 Å². The molecule has 4 nitrogen and oxygen atoms in total. The van der Waals surface area contributed by atoms with Crippen molar-refractivity contribution in [3.8, 4) is 18.1 Å². The highest BCUT2D eigenvalue weighted by molar-refractivity contribution is 5.93. The van der Waals surface area contributed by atoms with Crippen LogP contribution in [0.2, 0.25) is 0 Å². The quantitative estimate of drug-likeness (QED) is 0.592. The first-order valence-corrected chi connectivity index (χ1v) is 5.26. The summed E-state index contributed by atoms with van der Waals surface area (Å²) in [4.78, 5) is 11.5. The molecule has 0 fully saturated rings. The Morgan fingerprint density at radius 1 is 1.53 bits per heavy atom. The molecule has 0 spiro atoms. The summed E-state index contributed by atoms with van der Waals surface area (Å²) in [5.41, 5.74) is 1.73. The van der Waals surface area contributed by atoms with Crippen molar-refractivity contribution in [2.45, 2.75) is 6.92 Å². The number of nitrogens with one attached hydrogen (secondary N) is 2. The van der Waals surface area contributed by atoms with E-state index in [0.717, 1.165) is 17.0 Å². The van der Waals surface area contributed by atoms with Gasteiger partial charge in [-0.2, -0.15) is 0 Å². The van der Waals surface area contributed by atoms with Crippen LogP contribution in [0.3, 0.4) is 0 Å². The van der Waals surface area contributed by atoms with Crippen LogP contribution in [0, 0.1) is 19.3 Å². The van der Waals surface area contributed by atoms with E-state index in [9.17, 15) is 4.79 Å². The smallest absolute Gasteiger partial charge is 0.238 e. The Hall–Kier alpha value is -1.99. The molecule has 0 aromatic heterocycles. The molecule has 0 atom stereocenters. The number of carbonyl (C=O) groups excluding carboxylic acids is 1. The number of ether oxygens (including phenoxy) is 1. The number of anilines is 1. The van der Waals surface area contributed by atoms with E-state index in [1.807, 2.05) is 19.1 Å². The van der Waals surface area contributed by atoms with Crippen LogP contribution in [0.1, 0.15) is 5.56 Å². The van der Waals surface area contributed by atoms with Gasteiger partial charge in [0.2, 0.25) is 5.91 Å². The minimum absolute atomic E-state index is 0.117. The summed E-state index contributed by atoms with van der Waals surface area (Å²) >= 11 is 0. The molecular formula is C13H16N2O2. The van der Waals surface area contributed by atoms with Crippen LogP contribution in [-0.4, -0.2) is 26.1 Å². The van der Waals surface area contributed by atoms with Gasteiger partial charge in [-0.15, -0.1) is 6.42 Å². The molecule has 0 aliphatic heterocycles. The number of terminal acetylenes is 1. The molecule has 1 amide bonds. The summed E-state index contributed by atoms with van der Waals surface area (Å²) in [5.74, 6) is 3.06. The third kappa shape index (κ3) is 4.17. The highest BCUT2D eigenvalue weighted by atomic mass is 16.5. The van der Waals surface area contributed by atoms with Crippen LogP contribution in [0.15, 0.2) is 18.2 Å². The number of rotatable bonds is 5. The fraction of sp³-hybridized carbons (Fsp3) is 0.308. The van der Waals surface area contributed by atoms with Gasteiger partial charge in [-0.25, -0.2) is 0 Å². The van der Waals surface area contributed by atoms with Gasteiger partial charge in [0.25, 0.3) is 0 Å². The Morgan fingerprint density at radius 3 is 2.88 bits per heavy atom. The van der Waals surface area contributed by atoms with E-state index in [2.05, 4.69) is 16.6 Å². The van der Waals surface area contributed by atoms with Crippen molar-refractivity contribution >= 4 is 11.6 Å². The number of hydrogen-bond donors (Lipinski definition) is 2. The first-order chi connectivity index (χ1) is 8.17. The van der Waals surface area contributed by atoms with Gasteiger partial charge in [0.15, 0.2) is 0 Å². The minimum atomic E-state index is -0.117. The second-order valence-corrected chi connectivity index (χ2v) is 3.54. The number of carbonyl (C=O) groups is 1. The predicted octanol–water partition coefficient (Wildman–Crippen LogP) is 1.16. The normalized spacial score (nSPS) is 9.47. The Kier molecular flexibility index (Phi) is 5.05. The summed E-state index contributed by atoms with van der Waals surface area (Å²) in [5, 5.41) is 5.62. The zero-order valence-corrected chi connectivity index (χ0v) is 10.0. The van der Waals surface area contributed by atoms with E-state index in [0.29, 0.717) is 6.54 Å². The molecule has 4 heteroatoms. The highest BCUT2D eigenvalue weighted by Crippen LogP contribution is 2.20. The number of benzene rings is 1. The Morgan fingerprint density at radius 2 is 2.29 bits per heavy atom. The Bertz CT molecular complexity index is 436. The van der Waals surface area contributed by atoms with Gasteiger partial charge in [-0.3, -0.25) is 10.1 Å². The second-order valence-electron chi connectivity index (χ2n) is 3.54. The molecule has 1 aromatic rings. The van der Waals surface area contributed by atoms with E-state index < -0.39 is 0 Å². The molecule has 0 heterocycles. The monoisotopic (exact) mass is 232 g/mol. The van der Waals surface area contributed by atoms with Gasteiger partial charge in [0.05, 0.1) is 20.2 Å². The summed E-state index contributed by atoms with van der Waals surface area (Å²) in [7, 11) is 1.61. The molecule has 2 N–H and O–H groups in total. The average Bonchev–Trinajstić information content (AvgIpc) is 2.32. The van der Waals surface area contributed by atoms with Crippen molar-refractivity contribution in [1.82, 2.24) is 5.32 Å². The van der Waals surface area contributed by atoms with Crippen molar-refractivity contribution < 1.29 is 9.53 Å². The van der Waals surface area contributed by atoms with Gasteiger partial charge in [-0.05, 0) is 30.7 Å². The third-order valence-electron chi connectivity index (χ3n) is 2.22. The summed E-state index contributed by atoms with van der Waals surface area (Å²) < 4.78 is 5.09. The van der Waals surface area contributed by atoms with Crippen molar-refractivity contribution in [3.05, 3.63) is 23.8 Å². The molecule has 1 rings (SSSR count). The van der Waals surface area contributed by atoms with Gasteiger partial charge in [-0.1, -0.05) is 5.92 Å². The summed E-state index contributed by atoms with van der Waals surface area (Å²) in [6, 6.07) is 5.48. The van der Waals surface area contributed by atoms with E-state index in [1.165, 1.54) is 0 Å². The van der Waals surface area contributed by atoms with Crippen molar-refractivity contribution in [1.29, 1.82) is 0 Å². The number of methoxy groups -OCH3 is 1. The standard InChI is InChI=1S/C13H16N2O2/c1-4-7-14-9-13(16)15-12-6-5-11(17-3)8-10(12)2/h1,5-6,8,14H,7,9H2,2-3H3,(H,15,16). The first-order valence-electron chi connectivity index (χ1n) is 5.26. The van der Waals surface area contributed by atoms with Crippen LogP contribution >= 0.6 is 0 Å². The lowest BCUT2D eigenvalue weighted by Gasteiger charge is -2.09. The lowest BCUT2D eigenvalue weighted by molar-refractivity contribution is -0.115. The molecule has 0 saturated heterocycles. The highest BCUT2D eigenvalue weighted by Gasteiger charge is 2.04. The topological polar surface area (TPSA) is 50.4 Å². The summed E-state index contributed by atoms with van der Waals surface area (Å²) in [6.07, 6.45) is 5.07. The molecule has 0 aliphatic carbocycles. The van der Waals surface area contributed by atoms with E-state index in [4.69, 9.17) is 11.2 Å². The maximum atomic E-state index is 11.5. The lowest BCUT2D eigenvalue weighted by Crippen LogP contribution is -2.28. The lowest BCUT2D eigenvalue weighted by atomic mass is 10.2. The Balaban J connectivity index is 2.57. The number of amides is 1. The Labute approximate surface area is 101 Å². The zero-order valence-electron chi connectivity index (χ0n) is 10.0. The predicted molar refractivity (Wildman–Crippen MR) is 68.1 cm³/mol. The maximum Gasteiger partial charge on any atom is 0.238 e. The molecule has 17 heavy (non-hydrogen) atoms. The van der Waals surface area contributed by atoms with Crippen LogP contribution in [0.5, 0.6) is 5.75 Å². The molecule has 0 unspecified atom stereocenters. The average molecular weight is 232 g/mol. The molecule has 0 bridgehead atoms. The van der Waals surface area contributed by atoms with Crippen molar-refractivity contribution in [3.63, 3.8) is 0 Å². The number of aryl methyl sites for hydroxylation is 1. The van der Waals surface area contributed by atoms with Crippen LogP contribution in [-0.2, 0) is 4.79 Å². The summed E-state index contributed by atoms with van der Waals surface area (Å²) in [6.45, 7) is 2.50. The van der Waals surface area contributed by atoms with Crippen LogP contribution < -0.4 is 15.4 Å². The van der Waals surface area contributed by atoms with Crippen LogP contribution in [0.25, 0.3) is 0 Å². The maximum absolute atomic E-state index is 11.5. The van der Waals surface area contributed by atoms with Crippen molar-refractivity contribution in [2.75, 3.05) is 25.5 Å². The largest absolute Gasteiger partial charge is 0.497 e. The first kappa shape index (κ1) is 13.1. The van der Waals surface area contributed by atoms with Gasteiger partial charge in [0.1, 0.15) is 5.75 Å². The van der Waals surface area contributed by atoms with E-state index in [1.54, 1.807) is 13.2 Å². The fourth-order valence-corrected chi connectivity index (χ4v) is 1.35. The van der Waals surface area contributed by atoms with Gasteiger partial charge in [0, 0.05) is 5.69 Å². The molecule has 90 valence electrons. The van der Waals surface area contributed by atoms with Gasteiger partial charge < -0.3 is 10.1 Å². The van der Waals surface area contributed by atoms with Crippen molar-refractivity contribution in [2.24, 2.45) is 0 Å². The second kappa shape index (κ2) is 6.56. The van der Waals surface area contributed by atoms with Gasteiger partial charge >= 0.3 is 0 Å². The molecule has 1 aromatic carbocycles. The minimum Gasteiger partial charge on any atom is -0.497 e. The SMILES string of the molecule is C#CCNCC(=O)Nc1ccc(OC)cc1C. The zero-order chi connectivity index (χ0) is 12.7. The third-order valence-corrected chi connectivity index (χ3v) is 2.22. The molecular weight excluding hydrogens is 216 g/mol. The van der Waals surface area contributed by atoms with Crippen LogP contribution in [0.4, 0.5) is 5.69 Å². The molecule has 0 aliphatic rings.